The van der Waals surface area contributed by atoms with E-state index in [0.29, 0.717) is 0 Å². The monoisotopic (exact) mass is 549 g/mol. The van der Waals surface area contributed by atoms with Crippen LogP contribution >= 0.6 is 0 Å². The molecule has 0 amide bonds. The van der Waals surface area contributed by atoms with Crippen LogP contribution in [0.2, 0.25) is 0 Å². The predicted octanol–water partition coefficient (Wildman–Crippen LogP) is 10.8. The standard InChI is InChI=1S/C41H27NO/c1-3-15-30(16-4-1)42(31-17-5-2-6-18-31)32-23-24-36-34(27-32)33-19-9-10-20-35(33)41(36)37-21-11-12-22-39(37)43-40-26-29-14-8-7-13-28(29)25-38(40)41/h1-27H. The second-order valence-corrected chi connectivity index (χ2v) is 11.3. The Morgan fingerprint density at radius 1 is 0.372 bits per heavy atom. The van der Waals surface area contributed by atoms with E-state index in [1.807, 2.05) is 0 Å². The van der Waals surface area contributed by atoms with Crippen molar-refractivity contribution in [2.45, 2.75) is 5.41 Å². The number of anilines is 3. The van der Waals surface area contributed by atoms with Crippen molar-refractivity contribution in [3.8, 4) is 22.6 Å². The molecule has 0 aromatic heterocycles. The van der Waals surface area contributed by atoms with Crippen LogP contribution in [0, 0.1) is 0 Å². The molecule has 1 aliphatic carbocycles. The first-order chi connectivity index (χ1) is 21.3. The largest absolute Gasteiger partial charge is 0.457 e. The highest BCUT2D eigenvalue weighted by Gasteiger charge is 2.51. The molecule has 0 bridgehead atoms. The molecule has 2 heteroatoms. The van der Waals surface area contributed by atoms with Crippen LogP contribution in [0.15, 0.2) is 164 Å². The van der Waals surface area contributed by atoms with Gasteiger partial charge in [0.1, 0.15) is 11.5 Å². The molecule has 0 radical (unpaired) electrons. The van der Waals surface area contributed by atoms with Crippen molar-refractivity contribution in [3.05, 3.63) is 186 Å². The van der Waals surface area contributed by atoms with E-state index in [9.17, 15) is 0 Å². The summed E-state index contributed by atoms with van der Waals surface area (Å²) in [4.78, 5) is 2.34. The molecule has 1 heterocycles. The highest BCUT2D eigenvalue weighted by Crippen LogP contribution is 2.63. The van der Waals surface area contributed by atoms with Crippen LogP contribution in [0.4, 0.5) is 17.1 Å². The fourth-order valence-electron chi connectivity index (χ4n) is 7.32. The van der Waals surface area contributed by atoms with Crippen molar-refractivity contribution >= 4 is 27.8 Å². The molecular formula is C41H27NO. The van der Waals surface area contributed by atoms with Gasteiger partial charge in [-0.15, -0.1) is 0 Å². The maximum atomic E-state index is 6.67. The van der Waals surface area contributed by atoms with E-state index in [2.05, 4.69) is 169 Å². The summed E-state index contributed by atoms with van der Waals surface area (Å²) in [7, 11) is 0. The van der Waals surface area contributed by atoms with Gasteiger partial charge >= 0.3 is 0 Å². The van der Waals surface area contributed by atoms with Gasteiger partial charge in [-0.1, -0.05) is 109 Å². The number of para-hydroxylation sites is 3. The van der Waals surface area contributed by atoms with E-state index in [0.717, 1.165) is 28.6 Å². The van der Waals surface area contributed by atoms with Crippen molar-refractivity contribution in [2.75, 3.05) is 4.90 Å². The fourth-order valence-corrected chi connectivity index (χ4v) is 7.32. The van der Waals surface area contributed by atoms with Crippen LogP contribution in [0.1, 0.15) is 22.3 Å². The van der Waals surface area contributed by atoms with Crippen LogP contribution in [0.3, 0.4) is 0 Å². The lowest BCUT2D eigenvalue weighted by Crippen LogP contribution is -2.32. The first-order valence-corrected chi connectivity index (χ1v) is 14.8. The number of ether oxygens (including phenoxy) is 1. The first kappa shape index (κ1) is 24.0. The van der Waals surface area contributed by atoms with Crippen molar-refractivity contribution in [1.29, 1.82) is 0 Å². The van der Waals surface area contributed by atoms with Gasteiger partial charge in [0.2, 0.25) is 0 Å². The molecule has 202 valence electrons. The molecule has 0 saturated heterocycles. The number of nitrogens with zero attached hydrogens (tertiary/aromatic N) is 1. The third-order valence-electron chi connectivity index (χ3n) is 9.08. The highest BCUT2D eigenvalue weighted by molar-refractivity contribution is 5.94. The molecule has 43 heavy (non-hydrogen) atoms. The molecule has 0 N–H and O–H groups in total. The Balaban J connectivity index is 1.36. The molecule has 0 fully saturated rings. The fraction of sp³-hybridized carbons (Fsp3) is 0.0244. The zero-order valence-corrected chi connectivity index (χ0v) is 23.4. The van der Waals surface area contributed by atoms with Crippen LogP contribution < -0.4 is 9.64 Å². The number of fused-ring (bicyclic) bond motifs is 10. The summed E-state index contributed by atoms with van der Waals surface area (Å²) in [6, 6.07) is 58.8. The molecule has 7 aromatic carbocycles. The van der Waals surface area contributed by atoms with Crippen molar-refractivity contribution < 1.29 is 4.74 Å². The lowest BCUT2D eigenvalue weighted by Gasteiger charge is -2.39. The Labute approximate surface area is 251 Å². The van der Waals surface area contributed by atoms with E-state index in [-0.39, 0.29) is 0 Å². The van der Waals surface area contributed by atoms with Gasteiger partial charge in [0.05, 0.1) is 5.41 Å². The summed E-state index contributed by atoms with van der Waals surface area (Å²) >= 11 is 0. The topological polar surface area (TPSA) is 12.5 Å². The van der Waals surface area contributed by atoms with E-state index in [1.165, 1.54) is 44.2 Å². The van der Waals surface area contributed by atoms with E-state index in [1.54, 1.807) is 0 Å². The smallest absolute Gasteiger partial charge is 0.132 e. The summed E-state index contributed by atoms with van der Waals surface area (Å²) in [5, 5.41) is 2.39. The summed E-state index contributed by atoms with van der Waals surface area (Å²) < 4.78 is 6.67. The summed E-state index contributed by atoms with van der Waals surface area (Å²) in [6.45, 7) is 0. The van der Waals surface area contributed by atoms with Gasteiger partial charge in [0, 0.05) is 28.2 Å². The summed E-state index contributed by atoms with van der Waals surface area (Å²) in [6.07, 6.45) is 0. The van der Waals surface area contributed by atoms with Crippen LogP contribution in [-0.4, -0.2) is 0 Å². The van der Waals surface area contributed by atoms with Gasteiger partial charge in [0.15, 0.2) is 0 Å². The van der Waals surface area contributed by atoms with Gasteiger partial charge in [-0.3, -0.25) is 0 Å². The van der Waals surface area contributed by atoms with Crippen LogP contribution in [0.25, 0.3) is 21.9 Å². The van der Waals surface area contributed by atoms with Gasteiger partial charge in [-0.25, -0.2) is 0 Å². The Morgan fingerprint density at radius 3 is 1.70 bits per heavy atom. The zero-order chi connectivity index (χ0) is 28.4. The van der Waals surface area contributed by atoms with E-state index < -0.39 is 5.41 Å². The maximum Gasteiger partial charge on any atom is 0.132 e. The number of hydrogen-bond donors (Lipinski definition) is 0. The number of hydrogen-bond acceptors (Lipinski definition) is 2. The van der Waals surface area contributed by atoms with Gasteiger partial charge < -0.3 is 9.64 Å². The van der Waals surface area contributed by atoms with E-state index in [4.69, 9.17) is 4.74 Å². The average Bonchev–Trinajstić information content (AvgIpc) is 3.36. The minimum absolute atomic E-state index is 0.497. The normalized spacial score (nSPS) is 15.7. The quantitative estimate of drug-likeness (QED) is 0.217. The molecule has 9 rings (SSSR count). The Bertz CT molecular complexity index is 2130. The Hall–Kier alpha value is -5.60. The number of rotatable bonds is 3. The second kappa shape index (κ2) is 9.20. The molecular weight excluding hydrogens is 522 g/mol. The zero-order valence-electron chi connectivity index (χ0n) is 23.4. The molecule has 7 aromatic rings. The van der Waals surface area contributed by atoms with Crippen molar-refractivity contribution in [2.24, 2.45) is 0 Å². The van der Waals surface area contributed by atoms with Crippen molar-refractivity contribution in [1.82, 2.24) is 0 Å². The third-order valence-corrected chi connectivity index (χ3v) is 9.08. The minimum atomic E-state index is -0.497. The SMILES string of the molecule is c1ccc(N(c2ccccc2)c2ccc3c(c2)-c2ccccc2C32c3ccccc3Oc3cc4ccccc4cc32)cc1. The van der Waals surface area contributed by atoms with Gasteiger partial charge in [-0.05, 0) is 87.6 Å². The lowest BCUT2D eigenvalue weighted by molar-refractivity contribution is 0.437. The molecule has 2 nitrogen and oxygen atoms in total. The maximum absolute atomic E-state index is 6.67. The Kier molecular flexibility index (Phi) is 5.15. The van der Waals surface area contributed by atoms with Crippen LogP contribution in [0.5, 0.6) is 11.5 Å². The second-order valence-electron chi connectivity index (χ2n) is 11.3. The Morgan fingerprint density at radius 2 is 0.953 bits per heavy atom. The molecule has 0 saturated carbocycles. The molecule has 2 aliphatic rings. The summed E-state index contributed by atoms with van der Waals surface area (Å²) in [5.74, 6) is 1.83. The van der Waals surface area contributed by atoms with Gasteiger partial charge in [-0.2, -0.15) is 0 Å². The average molecular weight is 550 g/mol. The lowest BCUT2D eigenvalue weighted by atomic mass is 9.66. The molecule has 1 unspecified atom stereocenters. The van der Waals surface area contributed by atoms with Crippen LogP contribution in [-0.2, 0) is 5.41 Å². The minimum Gasteiger partial charge on any atom is -0.457 e. The van der Waals surface area contributed by atoms with Crippen molar-refractivity contribution in [3.63, 3.8) is 0 Å². The van der Waals surface area contributed by atoms with E-state index >= 15 is 0 Å². The summed E-state index contributed by atoms with van der Waals surface area (Å²) in [5.41, 5.74) is 10.3. The molecule has 1 atom stereocenters. The third kappa shape index (κ3) is 3.41. The number of benzene rings is 7. The first-order valence-electron chi connectivity index (χ1n) is 14.8. The molecule has 1 aliphatic heterocycles. The predicted molar refractivity (Wildman–Crippen MR) is 176 cm³/mol. The molecule has 1 spiro atoms. The highest BCUT2D eigenvalue weighted by atomic mass is 16.5. The van der Waals surface area contributed by atoms with Gasteiger partial charge in [0.25, 0.3) is 0 Å².